The first kappa shape index (κ1) is 23.0. The fourth-order valence-electron chi connectivity index (χ4n) is 4.94. The van der Waals surface area contributed by atoms with Crippen molar-refractivity contribution in [3.63, 3.8) is 0 Å². The van der Waals surface area contributed by atoms with Gasteiger partial charge in [0.25, 0.3) is 0 Å². The number of nitrogens with one attached hydrogen (secondary N) is 1. The molecular weight excluding hydrogens is 443 g/mol. The van der Waals surface area contributed by atoms with Crippen LogP contribution in [0.4, 0.5) is 10.2 Å². The van der Waals surface area contributed by atoms with Crippen LogP contribution in [0.1, 0.15) is 31.4 Å². The smallest absolute Gasteiger partial charge is 0.164 e. The summed E-state index contributed by atoms with van der Waals surface area (Å²) >= 11 is 0. The number of amidine groups is 2. The molecule has 4 aliphatic heterocycles. The van der Waals surface area contributed by atoms with E-state index in [1.54, 1.807) is 13.0 Å². The Kier molecular flexibility index (Phi) is 6.25. The summed E-state index contributed by atoms with van der Waals surface area (Å²) in [6.07, 6.45) is 6.18. The van der Waals surface area contributed by atoms with Gasteiger partial charge in [-0.25, -0.2) is 19.4 Å². The first-order valence-electron chi connectivity index (χ1n) is 11.9. The van der Waals surface area contributed by atoms with Gasteiger partial charge in [-0.3, -0.25) is 4.90 Å². The highest BCUT2D eigenvalue weighted by atomic mass is 19.1. The number of halogens is 1. The summed E-state index contributed by atoms with van der Waals surface area (Å²) in [7, 11) is 0. The first-order valence-corrected chi connectivity index (χ1v) is 11.9. The van der Waals surface area contributed by atoms with Gasteiger partial charge in [0, 0.05) is 54.9 Å². The fourth-order valence-corrected chi connectivity index (χ4v) is 4.94. The van der Waals surface area contributed by atoms with Crippen molar-refractivity contribution >= 4 is 17.5 Å². The van der Waals surface area contributed by atoms with Gasteiger partial charge in [-0.1, -0.05) is 12.1 Å². The standard InChI is InChI=1S/C26H31FN8/c1-16(28)9-23(29)32-24-10-17(2)31-26(33-24)19-5-8-25(30-12-19)34-14-21-11-22(15-34)35(21)13-18-3-6-20(27)7-4-18/h3-10,12,21-22,24H,11,13-15,28H2,1-2H3,(H2,29,32)(H,31,33)/b16-9-. The van der Waals surface area contributed by atoms with Crippen LogP contribution in [0.15, 0.2) is 76.1 Å². The van der Waals surface area contributed by atoms with E-state index < -0.39 is 6.17 Å². The Balaban J connectivity index is 1.23. The zero-order chi connectivity index (χ0) is 24.5. The lowest BCUT2D eigenvalue weighted by Crippen LogP contribution is -2.68. The molecule has 3 saturated heterocycles. The van der Waals surface area contributed by atoms with Crippen LogP contribution in [-0.4, -0.2) is 52.9 Å². The molecular formula is C26H31FN8. The highest BCUT2D eigenvalue weighted by molar-refractivity contribution is 6.00. The molecule has 182 valence electrons. The Morgan fingerprint density at radius 2 is 1.91 bits per heavy atom. The number of nitrogens with zero attached hydrogens (tertiary/aromatic N) is 5. The van der Waals surface area contributed by atoms with Gasteiger partial charge in [0.15, 0.2) is 6.17 Å². The summed E-state index contributed by atoms with van der Waals surface area (Å²) in [4.78, 5) is 18.7. The van der Waals surface area contributed by atoms with E-state index in [1.807, 2.05) is 37.4 Å². The molecule has 1 aromatic heterocycles. The van der Waals surface area contributed by atoms with E-state index in [9.17, 15) is 4.39 Å². The molecule has 0 radical (unpaired) electrons. The van der Waals surface area contributed by atoms with E-state index >= 15 is 0 Å². The largest absolute Gasteiger partial charge is 0.402 e. The van der Waals surface area contributed by atoms with Crippen LogP contribution in [0.5, 0.6) is 0 Å². The third-order valence-electron chi connectivity index (χ3n) is 6.60. The second kappa shape index (κ2) is 9.50. The molecule has 3 fully saturated rings. The lowest BCUT2D eigenvalue weighted by Gasteiger charge is -2.56. The number of allylic oxidation sites excluding steroid dienone is 2. The van der Waals surface area contributed by atoms with Crippen molar-refractivity contribution in [2.24, 2.45) is 21.5 Å². The van der Waals surface area contributed by atoms with Crippen molar-refractivity contribution < 1.29 is 4.39 Å². The predicted octanol–water partition coefficient (Wildman–Crippen LogP) is 2.48. The van der Waals surface area contributed by atoms with E-state index in [0.29, 0.717) is 29.5 Å². The molecule has 1 aromatic carbocycles. The number of anilines is 1. The fraction of sp³-hybridized carbons (Fsp3) is 0.346. The van der Waals surface area contributed by atoms with Gasteiger partial charge >= 0.3 is 0 Å². The lowest BCUT2D eigenvalue weighted by atomic mass is 9.86. The van der Waals surface area contributed by atoms with Crippen molar-refractivity contribution in [1.29, 1.82) is 0 Å². The third-order valence-corrected chi connectivity index (χ3v) is 6.60. The van der Waals surface area contributed by atoms with Crippen LogP contribution in [0.25, 0.3) is 0 Å². The van der Waals surface area contributed by atoms with E-state index in [4.69, 9.17) is 16.5 Å². The minimum Gasteiger partial charge on any atom is -0.402 e. The highest BCUT2D eigenvalue weighted by Gasteiger charge is 2.44. The number of rotatable bonds is 6. The molecule has 0 spiro atoms. The number of pyridine rings is 1. The molecule has 5 N–H and O–H groups in total. The summed E-state index contributed by atoms with van der Waals surface area (Å²) in [5, 5.41) is 3.30. The van der Waals surface area contributed by atoms with Crippen molar-refractivity contribution in [3.05, 3.63) is 83.1 Å². The van der Waals surface area contributed by atoms with Crippen LogP contribution in [0, 0.1) is 5.82 Å². The van der Waals surface area contributed by atoms with Gasteiger partial charge in [0.05, 0.1) is 0 Å². The molecule has 5 heterocycles. The highest BCUT2D eigenvalue weighted by Crippen LogP contribution is 2.35. The van der Waals surface area contributed by atoms with Crippen LogP contribution in [-0.2, 0) is 6.54 Å². The molecule has 9 heteroatoms. The van der Waals surface area contributed by atoms with Gasteiger partial charge in [-0.2, -0.15) is 0 Å². The third kappa shape index (κ3) is 5.19. The van der Waals surface area contributed by atoms with Gasteiger partial charge in [-0.05, 0) is 62.2 Å². The van der Waals surface area contributed by atoms with Crippen LogP contribution in [0.3, 0.4) is 0 Å². The lowest BCUT2D eigenvalue weighted by molar-refractivity contribution is -0.00869. The zero-order valence-corrected chi connectivity index (χ0v) is 20.0. The van der Waals surface area contributed by atoms with Crippen LogP contribution < -0.4 is 21.7 Å². The van der Waals surface area contributed by atoms with Gasteiger partial charge in [0.2, 0.25) is 0 Å². The number of piperidine rings is 1. The molecule has 0 amide bonds. The van der Waals surface area contributed by atoms with E-state index in [2.05, 4.69) is 31.2 Å². The molecule has 2 aromatic rings. The number of fused-ring (bicyclic) bond motifs is 2. The SMILES string of the molecule is CC1=CC(N=C(N)/C=C(/C)N)N=C(c2ccc(N3CC4CC(C3)N4Cc3ccc(F)cc3)nc2)N1. The summed E-state index contributed by atoms with van der Waals surface area (Å²) in [5.41, 5.74) is 15.2. The van der Waals surface area contributed by atoms with E-state index in [1.165, 1.54) is 18.6 Å². The summed E-state index contributed by atoms with van der Waals surface area (Å²) < 4.78 is 13.2. The van der Waals surface area contributed by atoms with E-state index in [0.717, 1.165) is 42.3 Å². The summed E-state index contributed by atoms with van der Waals surface area (Å²) in [6, 6.07) is 11.9. The van der Waals surface area contributed by atoms with Crippen molar-refractivity contribution in [1.82, 2.24) is 15.2 Å². The monoisotopic (exact) mass is 474 g/mol. The Bertz CT molecular complexity index is 1180. The number of benzene rings is 1. The Hall–Kier alpha value is -3.72. The molecule has 0 saturated carbocycles. The Morgan fingerprint density at radius 1 is 1.17 bits per heavy atom. The maximum Gasteiger partial charge on any atom is 0.164 e. The molecule has 0 aliphatic carbocycles. The average Bonchev–Trinajstić information content (AvgIpc) is 2.83. The topological polar surface area (TPSA) is 108 Å². The van der Waals surface area contributed by atoms with Crippen LogP contribution >= 0.6 is 0 Å². The second-order valence-corrected chi connectivity index (χ2v) is 9.46. The maximum absolute atomic E-state index is 13.2. The van der Waals surface area contributed by atoms with Crippen molar-refractivity contribution in [2.75, 3.05) is 18.0 Å². The van der Waals surface area contributed by atoms with Gasteiger partial charge < -0.3 is 21.7 Å². The summed E-state index contributed by atoms with van der Waals surface area (Å²) in [5.74, 6) is 1.83. The average molecular weight is 475 g/mol. The molecule has 3 unspecified atom stereocenters. The predicted molar refractivity (Wildman–Crippen MR) is 137 cm³/mol. The molecule has 3 atom stereocenters. The Morgan fingerprint density at radius 3 is 2.57 bits per heavy atom. The second-order valence-electron chi connectivity index (χ2n) is 9.46. The number of nitrogens with two attached hydrogens (primary N) is 2. The number of piperazine rings is 1. The molecule has 6 rings (SSSR count). The molecule has 2 bridgehead atoms. The minimum absolute atomic E-state index is 0.190. The maximum atomic E-state index is 13.2. The zero-order valence-electron chi connectivity index (χ0n) is 20.0. The summed E-state index contributed by atoms with van der Waals surface area (Å²) in [6.45, 7) is 6.48. The van der Waals surface area contributed by atoms with Crippen LogP contribution in [0.2, 0.25) is 0 Å². The molecule has 35 heavy (non-hydrogen) atoms. The molecule has 4 aliphatic rings. The van der Waals surface area contributed by atoms with Gasteiger partial charge in [0.1, 0.15) is 23.3 Å². The van der Waals surface area contributed by atoms with Crippen molar-refractivity contribution in [2.45, 2.75) is 45.1 Å². The number of aliphatic imine (C=N–C) groups is 2. The minimum atomic E-state index is -0.414. The quantitative estimate of drug-likeness (QED) is 0.439. The van der Waals surface area contributed by atoms with Gasteiger partial charge in [-0.15, -0.1) is 0 Å². The van der Waals surface area contributed by atoms with E-state index in [-0.39, 0.29) is 5.82 Å². The normalized spacial score (nSPS) is 24.9. The van der Waals surface area contributed by atoms with Crippen molar-refractivity contribution in [3.8, 4) is 0 Å². The number of hydrogen-bond acceptors (Lipinski definition) is 7. The first-order chi connectivity index (χ1) is 16.8. The molecule has 8 nitrogen and oxygen atoms in total. The number of aromatic nitrogens is 1. The Labute approximate surface area is 204 Å². The number of hydrogen-bond donors (Lipinski definition) is 3.